The van der Waals surface area contributed by atoms with E-state index < -0.39 is 5.54 Å². The molecule has 20 heavy (non-hydrogen) atoms. The van der Waals surface area contributed by atoms with Crippen LogP contribution in [0.15, 0.2) is 24.3 Å². The average Bonchev–Trinajstić information content (AvgIpc) is 3.20. The number of ether oxygens (including phenoxy) is 1. The molecule has 0 aromatic heterocycles. The van der Waals surface area contributed by atoms with E-state index in [0.717, 1.165) is 18.6 Å². The van der Waals surface area contributed by atoms with Crippen molar-refractivity contribution in [3.8, 4) is 11.8 Å². The summed E-state index contributed by atoms with van der Waals surface area (Å²) in [6, 6.07) is 10.9. The monoisotopic (exact) mass is 272 g/mol. The number of benzene rings is 1. The molecule has 3 heteroatoms. The Kier molecular flexibility index (Phi) is 4.06. The molecule has 1 saturated carbocycles. The molecule has 3 nitrogen and oxygen atoms in total. The van der Waals surface area contributed by atoms with Gasteiger partial charge in [0.15, 0.2) is 0 Å². The Hall–Kier alpha value is -1.53. The summed E-state index contributed by atoms with van der Waals surface area (Å²) in [5.74, 6) is 0.830. The first kappa shape index (κ1) is 14.9. The van der Waals surface area contributed by atoms with Crippen molar-refractivity contribution in [3.63, 3.8) is 0 Å². The normalized spacial score (nSPS) is 18.1. The minimum Gasteiger partial charge on any atom is -0.491 e. The molecule has 108 valence electrons. The van der Waals surface area contributed by atoms with Crippen LogP contribution in [0.1, 0.15) is 46.1 Å². The Morgan fingerprint density at radius 1 is 1.30 bits per heavy atom. The second-order valence-electron chi connectivity index (χ2n) is 6.93. The maximum atomic E-state index is 9.33. The first-order valence-corrected chi connectivity index (χ1v) is 7.25. The minimum absolute atomic E-state index is 0.101. The van der Waals surface area contributed by atoms with Gasteiger partial charge >= 0.3 is 0 Å². The number of rotatable bonds is 5. The molecular formula is C17H24N2O. The van der Waals surface area contributed by atoms with Crippen molar-refractivity contribution >= 4 is 0 Å². The summed E-state index contributed by atoms with van der Waals surface area (Å²) in [5.41, 5.74) is 0.729. The molecule has 0 heterocycles. The summed E-state index contributed by atoms with van der Waals surface area (Å²) >= 11 is 0. The van der Waals surface area contributed by atoms with Crippen molar-refractivity contribution < 1.29 is 4.74 Å². The van der Waals surface area contributed by atoms with Crippen LogP contribution in [-0.2, 0) is 5.41 Å². The summed E-state index contributed by atoms with van der Waals surface area (Å²) in [5, 5.41) is 12.7. The molecule has 0 aliphatic heterocycles. The molecule has 1 aliphatic rings. The maximum Gasteiger partial charge on any atom is 0.138 e. The molecule has 0 saturated heterocycles. The Labute approximate surface area is 121 Å². The fourth-order valence-electron chi connectivity index (χ4n) is 2.06. The van der Waals surface area contributed by atoms with E-state index >= 15 is 0 Å². The van der Waals surface area contributed by atoms with Crippen molar-refractivity contribution in [2.45, 2.75) is 57.5 Å². The van der Waals surface area contributed by atoms with E-state index in [0.29, 0.717) is 12.6 Å². The highest BCUT2D eigenvalue weighted by Gasteiger charge is 2.33. The van der Waals surface area contributed by atoms with Crippen LogP contribution in [0.5, 0.6) is 5.75 Å². The highest BCUT2D eigenvalue weighted by molar-refractivity contribution is 5.32. The van der Waals surface area contributed by atoms with Crippen molar-refractivity contribution in [3.05, 3.63) is 29.8 Å². The summed E-state index contributed by atoms with van der Waals surface area (Å²) < 4.78 is 5.84. The van der Waals surface area contributed by atoms with Gasteiger partial charge in [-0.05, 0) is 42.9 Å². The predicted molar refractivity (Wildman–Crippen MR) is 80.8 cm³/mol. The molecule has 1 aliphatic carbocycles. The molecule has 1 aromatic rings. The van der Waals surface area contributed by atoms with Gasteiger partial charge in [0, 0.05) is 6.04 Å². The molecule has 1 atom stereocenters. The van der Waals surface area contributed by atoms with Crippen LogP contribution in [0.3, 0.4) is 0 Å². The molecule has 2 rings (SSSR count). The van der Waals surface area contributed by atoms with Crippen LogP contribution >= 0.6 is 0 Å². The Bertz CT molecular complexity index is 508. The third-order valence-electron chi connectivity index (χ3n) is 3.57. The summed E-state index contributed by atoms with van der Waals surface area (Å²) in [7, 11) is 0. The molecule has 0 radical (unpaired) electrons. The fourth-order valence-corrected chi connectivity index (χ4v) is 2.06. The second kappa shape index (κ2) is 5.46. The molecule has 0 bridgehead atoms. The third-order valence-corrected chi connectivity index (χ3v) is 3.57. The highest BCUT2D eigenvalue weighted by Crippen LogP contribution is 2.26. The van der Waals surface area contributed by atoms with Crippen LogP contribution in [0, 0.1) is 11.3 Å². The number of hydrogen-bond donors (Lipinski definition) is 1. The summed E-state index contributed by atoms with van der Waals surface area (Å²) in [6.45, 7) is 8.81. The van der Waals surface area contributed by atoms with E-state index in [-0.39, 0.29) is 5.41 Å². The van der Waals surface area contributed by atoms with Crippen molar-refractivity contribution in [2.75, 3.05) is 6.61 Å². The standard InChI is InChI=1S/C17H24N2O/c1-16(2,3)13-6-5-7-15(10-13)20-12-17(4,11-18)19-14-8-9-14/h5-7,10,14,19H,8-9,12H2,1-4H3. The van der Waals surface area contributed by atoms with E-state index in [4.69, 9.17) is 4.74 Å². The van der Waals surface area contributed by atoms with Crippen LogP contribution in [-0.4, -0.2) is 18.2 Å². The van der Waals surface area contributed by atoms with Gasteiger partial charge in [-0.1, -0.05) is 32.9 Å². The van der Waals surface area contributed by atoms with Gasteiger partial charge in [0.25, 0.3) is 0 Å². The molecule has 1 unspecified atom stereocenters. The predicted octanol–water partition coefficient (Wildman–Crippen LogP) is 3.40. The fraction of sp³-hybridized carbons (Fsp3) is 0.588. The van der Waals surface area contributed by atoms with Gasteiger partial charge < -0.3 is 4.74 Å². The maximum absolute atomic E-state index is 9.33. The lowest BCUT2D eigenvalue weighted by Gasteiger charge is -2.24. The van der Waals surface area contributed by atoms with Gasteiger partial charge in [0.05, 0.1) is 6.07 Å². The molecule has 0 amide bonds. The largest absolute Gasteiger partial charge is 0.491 e. The van der Waals surface area contributed by atoms with Crippen molar-refractivity contribution in [1.82, 2.24) is 5.32 Å². The average molecular weight is 272 g/mol. The lowest BCUT2D eigenvalue weighted by atomic mass is 9.87. The molecule has 1 fully saturated rings. The van der Waals surface area contributed by atoms with E-state index in [2.05, 4.69) is 44.3 Å². The van der Waals surface area contributed by atoms with Crippen LogP contribution in [0.4, 0.5) is 0 Å². The zero-order valence-corrected chi connectivity index (χ0v) is 12.9. The second-order valence-corrected chi connectivity index (χ2v) is 6.93. The summed E-state index contributed by atoms with van der Waals surface area (Å²) in [6.07, 6.45) is 2.33. The molecular weight excluding hydrogens is 248 g/mol. The Morgan fingerprint density at radius 3 is 2.55 bits per heavy atom. The minimum atomic E-state index is -0.612. The van der Waals surface area contributed by atoms with Crippen LogP contribution in [0.25, 0.3) is 0 Å². The van der Waals surface area contributed by atoms with Crippen molar-refractivity contribution in [2.24, 2.45) is 0 Å². The highest BCUT2D eigenvalue weighted by atomic mass is 16.5. The van der Waals surface area contributed by atoms with E-state index in [9.17, 15) is 5.26 Å². The quantitative estimate of drug-likeness (QED) is 0.893. The smallest absolute Gasteiger partial charge is 0.138 e. The topological polar surface area (TPSA) is 45.0 Å². The van der Waals surface area contributed by atoms with E-state index in [1.165, 1.54) is 5.56 Å². The first-order valence-electron chi connectivity index (χ1n) is 7.25. The zero-order chi connectivity index (χ0) is 14.8. The lowest BCUT2D eigenvalue weighted by Crippen LogP contribution is -2.47. The van der Waals surface area contributed by atoms with Gasteiger partial charge in [-0.25, -0.2) is 0 Å². The van der Waals surface area contributed by atoms with Gasteiger partial charge in [-0.3, -0.25) is 5.32 Å². The Morgan fingerprint density at radius 2 is 2.00 bits per heavy atom. The van der Waals surface area contributed by atoms with Gasteiger partial charge in [-0.15, -0.1) is 0 Å². The first-order chi connectivity index (χ1) is 9.32. The van der Waals surface area contributed by atoms with Gasteiger partial charge in [0.2, 0.25) is 0 Å². The van der Waals surface area contributed by atoms with E-state index in [1.807, 2.05) is 19.1 Å². The third kappa shape index (κ3) is 3.98. The molecule has 1 N–H and O–H groups in total. The molecule has 0 spiro atoms. The molecule has 1 aromatic carbocycles. The van der Waals surface area contributed by atoms with Crippen molar-refractivity contribution in [1.29, 1.82) is 5.26 Å². The van der Waals surface area contributed by atoms with Gasteiger partial charge in [-0.2, -0.15) is 5.26 Å². The SMILES string of the molecule is CC(C#N)(COc1cccc(C(C)(C)C)c1)NC1CC1. The van der Waals surface area contributed by atoms with Gasteiger partial charge in [0.1, 0.15) is 17.9 Å². The lowest BCUT2D eigenvalue weighted by molar-refractivity contribution is 0.232. The number of nitrogens with one attached hydrogen (secondary N) is 1. The number of nitrogens with zero attached hydrogens (tertiary/aromatic N) is 1. The number of nitriles is 1. The Balaban J connectivity index is 2.01. The summed E-state index contributed by atoms with van der Waals surface area (Å²) in [4.78, 5) is 0. The zero-order valence-electron chi connectivity index (χ0n) is 12.9. The van der Waals surface area contributed by atoms with Crippen LogP contribution < -0.4 is 10.1 Å². The van der Waals surface area contributed by atoms with Crippen LogP contribution in [0.2, 0.25) is 0 Å². The van der Waals surface area contributed by atoms with E-state index in [1.54, 1.807) is 0 Å². The number of hydrogen-bond acceptors (Lipinski definition) is 3.